The maximum atomic E-state index is 5.33. The summed E-state index contributed by atoms with van der Waals surface area (Å²) < 4.78 is 0. The second-order valence-corrected chi connectivity index (χ2v) is 11.7. The molecule has 9 rings (SSSR count). The van der Waals surface area contributed by atoms with Gasteiger partial charge in [-0.1, -0.05) is 164 Å². The van der Waals surface area contributed by atoms with Crippen molar-refractivity contribution in [1.29, 1.82) is 0 Å². The molecular formula is C44H28N2. The zero-order valence-corrected chi connectivity index (χ0v) is 25.1. The summed E-state index contributed by atoms with van der Waals surface area (Å²) in [6.07, 6.45) is 0. The molecule has 0 bridgehead atoms. The van der Waals surface area contributed by atoms with Crippen LogP contribution in [0.15, 0.2) is 170 Å². The van der Waals surface area contributed by atoms with Crippen molar-refractivity contribution in [3.05, 3.63) is 170 Å². The Balaban J connectivity index is 1.38. The van der Waals surface area contributed by atoms with E-state index in [1.54, 1.807) is 0 Å². The van der Waals surface area contributed by atoms with Crippen molar-refractivity contribution in [2.24, 2.45) is 0 Å². The minimum atomic E-state index is 0.737. The van der Waals surface area contributed by atoms with Crippen molar-refractivity contribution in [3.63, 3.8) is 0 Å². The molecule has 0 saturated heterocycles. The monoisotopic (exact) mass is 584 g/mol. The van der Waals surface area contributed by atoms with E-state index in [4.69, 9.17) is 9.97 Å². The SMILES string of the molecule is c1ccc(-c2nc(-c3c4ccccc4c(-c4ccc(-c5ccccc5)c5ccccc45)c4ccccc34)nc3ccccc23)cc1. The van der Waals surface area contributed by atoms with E-state index in [1.807, 2.05) is 6.07 Å². The van der Waals surface area contributed by atoms with Gasteiger partial charge in [-0.2, -0.15) is 0 Å². The molecule has 0 radical (unpaired) electrons. The first-order valence-electron chi connectivity index (χ1n) is 15.7. The number of nitrogens with zero attached hydrogens (tertiary/aromatic N) is 2. The van der Waals surface area contributed by atoms with Crippen LogP contribution >= 0.6 is 0 Å². The van der Waals surface area contributed by atoms with E-state index in [9.17, 15) is 0 Å². The lowest BCUT2D eigenvalue weighted by Gasteiger charge is -2.19. The molecule has 9 aromatic rings. The van der Waals surface area contributed by atoms with Crippen LogP contribution in [0.25, 0.3) is 88.1 Å². The highest BCUT2D eigenvalue weighted by Gasteiger charge is 2.21. The lowest BCUT2D eigenvalue weighted by molar-refractivity contribution is 1.24. The average Bonchev–Trinajstić information content (AvgIpc) is 3.14. The van der Waals surface area contributed by atoms with Crippen molar-refractivity contribution in [1.82, 2.24) is 9.97 Å². The number of aromatic nitrogens is 2. The molecule has 2 heteroatoms. The predicted molar refractivity (Wildman–Crippen MR) is 194 cm³/mol. The zero-order chi connectivity index (χ0) is 30.5. The molecule has 0 spiro atoms. The van der Waals surface area contributed by atoms with Crippen LogP contribution in [0.2, 0.25) is 0 Å². The Labute approximate surface area is 267 Å². The molecule has 0 aliphatic carbocycles. The molecule has 1 aromatic heterocycles. The second-order valence-electron chi connectivity index (χ2n) is 11.7. The van der Waals surface area contributed by atoms with E-state index in [1.165, 1.54) is 43.8 Å². The largest absolute Gasteiger partial charge is 0.228 e. The lowest BCUT2D eigenvalue weighted by atomic mass is 9.85. The Morgan fingerprint density at radius 1 is 0.283 bits per heavy atom. The molecule has 0 aliphatic rings. The summed E-state index contributed by atoms with van der Waals surface area (Å²) in [6.45, 7) is 0. The van der Waals surface area contributed by atoms with Crippen LogP contribution in [0.4, 0.5) is 0 Å². The lowest BCUT2D eigenvalue weighted by Crippen LogP contribution is -1.98. The molecular weight excluding hydrogens is 556 g/mol. The highest BCUT2D eigenvalue weighted by atomic mass is 14.9. The molecule has 2 nitrogen and oxygen atoms in total. The van der Waals surface area contributed by atoms with Crippen molar-refractivity contribution < 1.29 is 0 Å². The quantitative estimate of drug-likeness (QED) is 0.192. The fourth-order valence-electron chi connectivity index (χ4n) is 7.05. The first-order valence-corrected chi connectivity index (χ1v) is 15.7. The Morgan fingerprint density at radius 2 is 0.717 bits per heavy atom. The van der Waals surface area contributed by atoms with Crippen LogP contribution in [-0.2, 0) is 0 Å². The summed E-state index contributed by atoms with van der Waals surface area (Å²) in [7, 11) is 0. The summed E-state index contributed by atoms with van der Waals surface area (Å²) in [6, 6.07) is 60.3. The summed E-state index contributed by atoms with van der Waals surface area (Å²) in [4.78, 5) is 10.5. The van der Waals surface area contributed by atoms with Crippen LogP contribution in [0.3, 0.4) is 0 Å². The molecule has 214 valence electrons. The smallest absolute Gasteiger partial charge is 0.161 e. The summed E-state index contributed by atoms with van der Waals surface area (Å²) in [5.41, 5.74) is 8.93. The third-order valence-corrected chi connectivity index (χ3v) is 9.08. The molecule has 0 atom stereocenters. The topological polar surface area (TPSA) is 25.8 Å². The number of para-hydroxylation sites is 1. The van der Waals surface area contributed by atoms with Gasteiger partial charge in [0.1, 0.15) is 0 Å². The molecule has 0 unspecified atom stereocenters. The molecule has 0 amide bonds. The Hall–Kier alpha value is -6.12. The Morgan fingerprint density at radius 3 is 1.33 bits per heavy atom. The van der Waals surface area contributed by atoms with Gasteiger partial charge in [0.15, 0.2) is 5.82 Å². The van der Waals surface area contributed by atoms with E-state index in [2.05, 4.69) is 164 Å². The van der Waals surface area contributed by atoms with E-state index < -0.39 is 0 Å². The second kappa shape index (κ2) is 10.8. The van der Waals surface area contributed by atoms with Crippen molar-refractivity contribution in [3.8, 4) is 44.9 Å². The number of rotatable bonds is 4. The fourth-order valence-corrected chi connectivity index (χ4v) is 7.05. The number of hydrogen-bond acceptors (Lipinski definition) is 2. The summed E-state index contributed by atoms with van der Waals surface area (Å²) in [5, 5.41) is 8.18. The van der Waals surface area contributed by atoms with E-state index in [-0.39, 0.29) is 0 Å². The molecule has 46 heavy (non-hydrogen) atoms. The number of hydrogen-bond donors (Lipinski definition) is 0. The van der Waals surface area contributed by atoms with E-state index in [0.717, 1.165) is 44.3 Å². The first kappa shape index (κ1) is 26.3. The van der Waals surface area contributed by atoms with Gasteiger partial charge in [0.25, 0.3) is 0 Å². The fraction of sp³-hybridized carbons (Fsp3) is 0. The van der Waals surface area contributed by atoms with Gasteiger partial charge in [-0.05, 0) is 60.6 Å². The van der Waals surface area contributed by atoms with Crippen LogP contribution in [-0.4, -0.2) is 9.97 Å². The minimum Gasteiger partial charge on any atom is -0.228 e. The molecule has 8 aromatic carbocycles. The van der Waals surface area contributed by atoms with Gasteiger partial charge in [0, 0.05) is 16.5 Å². The van der Waals surface area contributed by atoms with Crippen molar-refractivity contribution in [2.75, 3.05) is 0 Å². The maximum Gasteiger partial charge on any atom is 0.161 e. The van der Waals surface area contributed by atoms with Crippen LogP contribution in [0.5, 0.6) is 0 Å². The molecule has 1 heterocycles. The van der Waals surface area contributed by atoms with Gasteiger partial charge in [0.05, 0.1) is 11.2 Å². The number of fused-ring (bicyclic) bond motifs is 4. The van der Waals surface area contributed by atoms with Gasteiger partial charge in [-0.3, -0.25) is 0 Å². The highest BCUT2D eigenvalue weighted by Crippen LogP contribution is 2.46. The standard InChI is InChI=1S/C44H28N2/c1-3-15-29(16-4-1)31-27-28-38(33-20-8-7-19-32(31)33)41-34-21-9-11-23-36(34)42(37-24-12-10-22-35(37)41)44-45-40-26-14-13-25-39(40)43(46-44)30-17-5-2-6-18-30/h1-28H. The molecule has 0 N–H and O–H groups in total. The normalized spacial score (nSPS) is 11.5. The molecule has 0 saturated carbocycles. The third kappa shape index (κ3) is 4.19. The van der Waals surface area contributed by atoms with Gasteiger partial charge < -0.3 is 0 Å². The van der Waals surface area contributed by atoms with Crippen LogP contribution < -0.4 is 0 Å². The van der Waals surface area contributed by atoms with E-state index in [0.29, 0.717) is 0 Å². The van der Waals surface area contributed by atoms with Crippen molar-refractivity contribution in [2.45, 2.75) is 0 Å². The number of benzene rings is 8. The minimum absolute atomic E-state index is 0.737. The predicted octanol–water partition coefficient (Wildman–Crippen LogP) is 11.8. The third-order valence-electron chi connectivity index (χ3n) is 9.08. The molecule has 0 fully saturated rings. The van der Waals surface area contributed by atoms with Gasteiger partial charge in [-0.25, -0.2) is 9.97 Å². The van der Waals surface area contributed by atoms with Crippen molar-refractivity contribution >= 4 is 43.2 Å². The highest BCUT2D eigenvalue weighted by molar-refractivity contribution is 6.23. The van der Waals surface area contributed by atoms with Gasteiger partial charge in [-0.15, -0.1) is 0 Å². The van der Waals surface area contributed by atoms with Crippen LogP contribution in [0, 0.1) is 0 Å². The van der Waals surface area contributed by atoms with Crippen LogP contribution in [0.1, 0.15) is 0 Å². The zero-order valence-electron chi connectivity index (χ0n) is 25.1. The van der Waals surface area contributed by atoms with E-state index >= 15 is 0 Å². The summed E-state index contributed by atoms with van der Waals surface area (Å²) in [5.74, 6) is 0.737. The maximum absolute atomic E-state index is 5.33. The Bertz CT molecular complexity index is 2510. The first-order chi connectivity index (χ1) is 22.8. The molecule has 0 aliphatic heterocycles. The van der Waals surface area contributed by atoms with Gasteiger partial charge in [0.2, 0.25) is 0 Å². The van der Waals surface area contributed by atoms with Gasteiger partial charge >= 0.3 is 0 Å². The summed E-state index contributed by atoms with van der Waals surface area (Å²) >= 11 is 0. The average molecular weight is 585 g/mol. The Kier molecular flexibility index (Phi) is 6.17.